The van der Waals surface area contributed by atoms with Crippen molar-refractivity contribution in [1.82, 2.24) is 9.80 Å². The largest absolute Gasteiger partial charge is 0.456 e. The second-order valence-electron chi connectivity index (χ2n) is 14.0. The summed E-state index contributed by atoms with van der Waals surface area (Å²) in [7, 11) is 0. The van der Waals surface area contributed by atoms with Crippen LogP contribution in [0.1, 0.15) is 68.4 Å². The van der Waals surface area contributed by atoms with E-state index in [9.17, 15) is 18.8 Å². The summed E-state index contributed by atoms with van der Waals surface area (Å²) in [6.45, 7) is 9.88. The third kappa shape index (κ3) is 6.35. The zero-order valence-electron chi connectivity index (χ0n) is 27.5. The van der Waals surface area contributed by atoms with Gasteiger partial charge < -0.3 is 24.3 Å². The molecule has 3 aliphatic heterocycles. The number of amides is 2. The highest BCUT2D eigenvalue weighted by Gasteiger charge is 2.54. The molecule has 0 aliphatic carbocycles. The molecule has 2 amide bonds. The molecule has 10 heteroatoms. The molecule has 8 nitrogen and oxygen atoms in total. The van der Waals surface area contributed by atoms with E-state index < -0.39 is 28.7 Å². The summed E-state index contributed by atoms with van der Waals surface area (Å²) < 4.78 is 34.7. The molecule has 1 unspecified atom stereocenters. The Hall–Kier alpha value is -4.31. The van der Waals surface area contributed by atoms with Crippen LogP contribution in [0.15, 0.2) is 72.8 Å². The van der Waals surface area contributed by atoms with Crippen molar-refractivity contribution in [2.75, 3.05) is 42.6 Å². The topological polar surface area (TPSA) is 73.4 Å². The first-order chi connectivity index (χ1) is 22.3. The normalized spacial score (nSPS) is 21.1. The number of carbonyl (C=O) groups is 3. The summed E-state index contributed by atoms with van der Waals surface area (Å²) in [4.78, 5) is 47.6. The average Bonchev–Trinajstić information content (AvgIpc) is 3.40. The Morgan fingerprint density at radius 3 is 2.32 bits per heavy atom. The Labute approximate surface area is 274 Å². The number of benzene rings is 3. The number of hydrogen-bond acceptors (Lipinski definition) is 6. The zero-order valence-corrected chi connectivity index (χ0v) is 27.5. The highest BCUT2D eigenvalue weighted by Crippen LogP contribution is 2.43. The van der Waals surface area contributed by atoms with E-state index in [4.69, 9.17) is 4.74 Å². The van der Waals surface area contributed by atoms with Crippen molar-refractivity contribution in [3.05, 3.63) is 95.3 Å². The van der Waals surface area contributed by atoms with E-state index in [0.29, 0.717) is 75.5 Å². The lowest BCUT2D eigenvalue weighted by molar-refractivity contribution is -0.134. The number of rotatable bonds is 8. The SMILES string of the molecule is CC(C)(C)OC(=O)c1cccc(CN2CN(c3ccc(F)cc3)C3(CCN(CCCN4C(=O)C(C)(F)c5ccccc54)CC3)C2=O)c1. The molecule has 0 saturated carbocycles. The summed E-state index contributed by atoms with van der Waals surface area (Å²) in [6, 6.07) is 20.4. The number of para-hydroxylation sites is 1. The van der Waals surface area contributed by atoms with Gasteiger partial charge in [0.15, 0.2) is 0 Å². The fourth-order valence-electron chi connectivity index (χ4n) is 7.09. The third-order valence-electron chi connectivity index (χ3n) is 9.47. The summed E-state index contributed by atoms with van der Waals surface area (Å²) in [5.74, 6) is -1.28. The van der Waals surface area contributed by atoms with Gasteiger partial charge in [-0.3, -0.25) is 9.59 Å². The first kappa shape index (κ1) is 32.6. The van der Waals surface area contributed by atoms with Gasteiger partial charge >= 0.3 is 5.97 Å². The van der Waals surface area contributed by atoms with Crippen molar-refractivity contribution in [3.63, 3.8) is 0 Å². The molecule has 47 heavy (non-hydrogen) atoms. The monoisotopic (exact) mass is 644 g/mol. The lowest BCUT2D eigenvalue weighted by atomic mass is 9.85. The predicted octanol–water partition coefficient (Wildman–Crippen LogP) is 6.04. The number of likely N-dealkylation sites (tertiary alicyclic amines) is 1. The first-order valence-corrected chi connectivity index (χ1v) is 16.3. The molecule has 0 N–H and O–H groups in total. The van der Waals surface area contributed by atoms with Gasteiger partial charge in [-0.05, 0) is 102 Å². The van der Waals surface area contributed by atoms with E-state index in [-0.39, 0.29) is 11.7 Å². The average molecular weight is 645 g/mol. The van der Waals surface area contributed by atoms with E-state index in [1.54, 1.807) is 58.3 Å². The van der Waals surface area contributed by atoms with Crippen molar-refractivity contribution in [1.29, 1.82) is 0 Å². The fourth-order valence-corrected chi connectivity index (χ4v) is 7.09. The molecule has 3 aromatic rings. The van der Waals surface area contributed by atoms with Gasteiger partial charge in [-0.15, -0.1) is 0 Å². The number of ether oxygens (including phenoxy) is 1. The maximum absolute atomic E-state index is 15.2. The maximum Gasteiger partial charge on any atom is 0.338 e. The Kier molecular flexibility index (Phi) is 8.59. The second-order valence-corrected chi connectivity index (χ2v) is 14.0. The predicted molar refractivity (Wildman–Crippen MR) is 176 cm³/mol. The minimum atomic E-state index is -2.02. The summed E-state index contributed by atoms with van der Waals surface area (Å²) in [6.07, 6.45) is 1.82. The second kappa shape index (κ2) is 12.4. The van der Waals surface area contributed by atoms with Crippen molar-refractivity contribution in [3.8, 4) is 0 Å². The minimum absolute atomic E-state index is 0.00523. The van der Waals surface area contributed by atoms with Crippen LogP contribution < -0.4 is 9.80 Å². The zero-order chi connectivity index (χ0) is 33.6. The molecular formula is C37H42F2N4O4. The maximum atomic E-state index is 15.2. The number of alkyl halides is 1. The summed E-state index contributed by atoms with van der Waals surface area (Å²) in [5.41, 5.74) is -0.383. The van der Waals surface area contributed by atoms with Crippen LogP contribution in [0.3, 0.4) is 0 Å². The van der Waals surface area contributed by atoms with E-state index in [1.165, 1.54) is 19.1 Å². The van der Waals surface area contributed by atoms with Gasteiger partial charge in [0.05, 0.1) is 17.9 Å². The lowest BCUT2D eigenvalue weighted by Gasteiger charge is -2.43. The number of carbonyl (C=O) groups excluding carboxylic acids is 3. The number of esters is 1. The van der Waals surface area contributed by atoms with Crippen LogP contribution in [0, 0.1) is 5.82 Å². The highest BCUT2D eigenvalue weighted by atomic mass is 19.1. The van der Waals surface area contributed by atoms with Crippen LogP contribution in [-0.2, 0) is 26.5 Å². The van der Waals surface area contributed by atoms with Gasteiger partial charge in [-0.2, -0.15) is 0 Å². The van der Waals surface area contributed by atoms with Crippen molar-refractivity contribution in [2.45, 2.75) is 70.3 Å². The quantitative estimate of drug-likeness (QED) is 0.279. The minimum Gasteiger partial charge on any atom is -0.456 e. The number of anilines is 2. The van der Waals surface area contributed by atoms with Gasteiger partial charge in [-0.25, -0.2) is 13.6 Å². The number of nitrogens with zero attached hydrogens (tertiary/aromatic N) is 4. The van der Waals surface area contributed by atoms with Crippen LogP contribution >= 0.6 is 0 Å². The Balaban J connectivity index is 1.14. The summed E-state index contributed by atoms with van der Waals surface area (Å²) >= 11 is 0. The molecule has 3 aliphatic rings. The molecule has 1 atom stereocenters. The molecule has 2 saturated heterocycles. The molecule has 0 bridgehead atoms. The molecule has 248 valence electrons. The standard InChI is InChI=1S/C37H42F2N4O4/c1-35(2,3)47-32(44)27-10-7-9-26(23-27)24-41-25-43(29-15-13-28(38)14-16-29)37(34(41)46)17-21-40(22-18-37)19-8-20-42-31-12-6-5-11-30(31)36(4,39)33(42)45/h5-7,9-16,23H,8,17-22,24-25H2,1-4H3. The van der Waals surface area contributed by atoms with Gasteiger partial charge in [0.2, 0.25) is 11.6 Å². The Bertz CT molecular complexity index is 1660. The number of fused-ring (bicyclic) bond motifs is 1. The van der Waals surface area contributed by atoms with Crippen LogP contribution in [0.2, 0.25) is 0 Å². The first-order valence-electron chi connectivity index (χ1n) is 16.3. The molecule has 6 rings (SSSR count). The number of hydrogen-bond donors (Lipinski definition) is 0. The Morgan fingerprint density at radius 2 is 1.62 bits per heavy atom. The molecule has 0 aromatic heterocycles. The Morgan fingerprint density at radius 1 is 0.915 bits per heavy atom. The molecule has 2 fully saturated rings. The lowest BCUT2D eigenvalue weighted by Crippen LogP contribution is -2.56. The third-order valence-corrected chi connectivity index (χ3v) is 9.47. The number of piperidine rings is 1. The molecule has 0 radical (unpaired) electrons. The molecule has 1 spiro atoms. The van der Waals surface area contributed by atoms with Crippen molar-refractivity contribution in [2.24, 2.45) is 0 Å². The highest BCUT2D eigenvalue weighted by molar-refractivity contribution is 6.06. The van der Waals surface area contributed by atoms with Gasteiger partial charge in [0.25, 0.3) is 5.91 Å². The van der Waals surface area contributed by atoms with E-state index in [2.05, 4.69) is 9.80 Å². The van der Waals surface area contributed by atoms with Gasteiger partial charge in [-0.1, -0.05) is 30.3 Å². The van der Waals surface area contributed by atoms with Crippen LogP contribution in [0.25, 0.3) is 0 Å². The van der Waals surface area contributed by atoms with Gasteiger partial charge in [0.1, 0.15) is 17.0 Å². The van der Waals surface area contributed by atoms with Gasteiger partial charge in [0, 0.05) is 37.4 Å². The van der Waals surface area contributed by atoms with Crippen LogP contribution in [-0.4, -0.2) is 71.6 Å². The molecule has 3 heterocycles. The van der Waals surface area contributed by atoms with E-state index in [0.717, 1.165) is 11.3 Å². The molecular weight excluding hydrogens is 602 g/mol. The van der Waals surface area contributed by atoms with E-state index in [1.807, 2.05) is 32.9 Å². The summed E-state index contributed by atoms with van der Waals surface area (Å²) in [5, 5.41) is 0. The smallest absolute Gasteiger partial charge is 0.338 e. The van der Waals surface area contributed by atoms with Crippen LogP contribution in [0.4, 0.5) is 20.2 Å². The van der Waals surface area contributed by atoms with Crippen LogP contribution in [0.5, 0.6) is 0 Å². The fraction of sp³-hybridized carbons (Fsp3) is 0.432. The van der Waals surface area contributed by atoms with Crippen molar-refractivity contribution < 1.29 is 27.9 Å². The number of halogens is 2. The van der Waals surface area contributed by atoms with E-state index >= 15 is 4.39 Å². The van der Waals surface area contributed by atoms with Crippen molar-refractivity contribution >= 4 is 29.2 Å². The molecule has 3 aromatic carbocycles.